The number of aryl methyl sites for hydroxylation is 1. The molecule has 7 heteroatoms. The lowest BCUT2D eigenvalue weighted by atomic mass is 10.1. The number of nitrogens with one attached hydrogen (secondary N) is 2. The van der Waals surface area contributed by atoms with Crippen LogP contribution in [0.4, 0.5) is 0 Å². The number of sulfonamides is 1. The van der Waals surface area contributed by atoms with Gasteiger partial charge in [-0.3, -0.25) is 4.99 Å². The Balaban J connectivity index is 2.06. The monoisotopic (exact) mass is 282 g/mol. The van der Waals surface area contributed by atoms with E-state index in [1.807, 2.05) is 6.92 Å². The number of guanidine groups is 1. The van der Waals surface area contributed by atoms with Crippen molar-refractivity contribution in [1.82, 2.24) is 10.6 Å². The lowest BCUT2D eigenvalue weighted by molar-refractivity contribution is 0.597. The molecule has 1 heterocycles. The Kier molecular flexibility index (Phi) is 3.77. The summed E-state index contributed by atoms with van der Waals surface area (Å²) in [5.41, 5.74) is 1.89. The third kappa shape index (κ3) is 3.45. The minimum Gasteiger partial charge on any atom is -0.352 e. The van der Waals surface area contributed by atoms with E-state index >= 15 is 0 Å². The first-order chi connectivity index (χ1) is 8.86. The summed E-state index contributed by atoms with van der Waals surface area (Å²) in [7, 11) is -3.64. The smallest absolute Gasteiger partial charge is 0.238 e. The fourth-order valence-corrected chi connectivity index (χ4v) is 2.48. The van der Waals surface area contributed by atoms with Gasteiger partial charge >= 0.3 is 0 Å². The molecule has 0 spiro atoms. The molecule has 0 fully saturated rings. The SMILES string of the molecule is Cc1cc(S(N)(=O)=O)ccc1CNC1=NCC(C)N1. The minimum absolute atomic E-state index is 0.138. The zero-order valence-electron chi connectivity index (χ0n) is 11.0. The number of rotatable bonds is 3. The molecule has 0 saturated carbocycles. The van der Waals surface area contributed by atoms with Crippen LogP contribution < -0.4 is 15.8 Å². The normalized spacial score (nSPS) is 18.9. The highest BCUT2D eigenvalue weighted by atomic mass is 32.2. The third-order valence-corrected chi connectivity index (χ3v) is 3.91. The molecule has 1 aliphatic heterocycles. The van der Waals surface area contributed by atoms with Crippen LogP contribution in [0.15, 0.2) is 28.1 Å². The van der Waals surface area contributed by atoms with Gasteiger partial charge < -0.3 is 10.6 Å². The number of hydrogen-bond acceptors (Lipinski definition) is 5. The number of nitrogens with two attached hydrogens (primary N) is 1. The van der Waals surface area contributed by atoms with Gasteiger partial charge in [-0.1, -0.05) is 6.07 Å². The molecule has 1 atom stereocenters. The van der Waals surface area contributed by atoms with E-state index in [-0.39, 0.29) is 4.90 Å². The van der Waals surface area contributed by atoms with Crippen LogP contribution in [0, 0.1) is 6.92 Å². The Morgan fingerprint density at radius 3 is 2.79 bits per heavy atom. The van der Waals surface area contributed by atoms with Crippen molar-refractivity contribution >= 4 is 16.0 Å². The fraction of sp³-hybridized carbons (Fsp3) is 0.417. The molecule has 6 nitrogen and oxygen atoms in total. The maximum atomic E-state index is 11.2. The van der Waals surface area contributed by atoms with Gasteiger partial charge in [0.05, 0.1) is 11.4 Å². The van der Waals surface area contributed by atoms with Crippen molar-refractivity contribution in [2.75, 3.05) is 6.54 Å². The summed E-state index contributed by atoms with van der Waals surface area (Å²) < 4.78 is 22.5. The number of aliphatic imine (C=N–C) groups is 1. The molecule has 0 amide bonds. The molecule has 19 heavy (non-hydrogen) atoms. The molecule has 4 N–H and O–H groups in total. The molecule has 0 aromatic heterocycles. The number of hydrogen-bond donors (Lipinski definition) is 3. The highest BCUT2D eigenvalue weighted by Gasteiger charge is 2.13. The van der Waals surface area contributed by atoms with Crippen LogP contribution in [0.2, 0.25) is 0 Å². The van der Waals surface area contributed by atoms with Crippen LogP contribution in [-0.2, 0) is 16.6 Å². The predicted molar refractivity (Wildman–Crippen MR) is 74.3 cm³/mol. The van der Waals surface area contributed by atoms with Crippen LogP contribution in [0.5, 0.6) is 0 Å². The standard InChI is InChI=1S/C12H18N4O2S/c1-8-5-11(19(13,17)18)4-3-10(8)7-15-12-14-6-9(2)16-12/h3-5,9H,6-7H2,1-2H3,(H2,13,17,18)(H2,14,15,16). The number of nitrogens with zero attached hydrogens (tertiary/aromatic N) is 1. The van der Waals surface area contributed by atoms with Crippen molar-refractivity contribution in [1.29, 1.82) is 0 Å². The molecular formula is C12H18N4O2S. The first-order valence-electron chi connectivity index (χ1n) is 6.03. The summed E-state index contributed by atoms with van der Waals surface area (Å²) in [5, 5.41) is 11.5. The quantitative estimate of drug-likeness (QED) is 0.731. The Morgan fingerprint density at radius 2 is 2.26 bits per heavy atom. The van der Waals surface area contributed by atoms with Crippen LogP contribution in [0.1, 0.15) is 18.1 Å². The van der Waals surface area contributed by atoms with Crippen LogP contribution in [0.25, 0.3) is 0 Å². The lowest BCUT2D eigenvalue weighted by Crippen LogP contribution is -2.37. The zero-order valence-corrected chi connectivity index (χ0v) is 11.8. The van der Waals surface area contributed by atoms with Gasteiger partial charge in [0.1, 0.15) is 0 Å². The van der Waals surface area contributed by atoms with Gasteiger partial charge in [0.15, 0.2) is 5.96 Å². The summed E-state index contributed by atoms with van der Waals surface area (Å²) in [6, 6.07) is 5.22. The molecule has 0 saturated heterocycles. The Labute approximate surface area is 113 Å². The Bertz CT molecular complexity index is 610. The van der Waals surface area contributed by atoms with E-state index < -0.39 is 10.0 Å². The van der Waals surface area contributed by atoms with Crippen molar-refractivity contribution in [2.45, 2.75) is 31.3 Å². The maximum Gasteiger partial charge on any atom is 0.238 e. The highest BCUT2D eigenvalue weighted by molar-refractivity contribution is 7.89. The lowest BCUT2D eigenvalue weighted by Gasteiger charge is -2.11. The average molecular weight is 282 g/mol. The van der Waals surface area contributed by atoms with Gasteiger partial charge in [0.2, 0.25) is 10.0 Å². The second-order valence-corrected chi connectivity index (χ2v) is 6.28. The summed E-state index contributed by atoms with van der Waals surface area (Å²) in [6.45, 7) is 5.28. The summed E-state index contributed by atoms with van der Waals surface area (Å²) in [5.74, 6) is 0.780. The second-order valence-electron chi connectivity index (χ2n) is 4.72. The molecule has 104 valence electrons. The van der Waals surface area contributed by atoms with Crippen LogP contribution in [0.3, 0.4) is 0 Å². The summed E-state index contributed by atoms with van der Waals surface area (Å²) in [6.07, 6.45) is 0. The molecule has 1 aliphatic rings. The first-order valence-corrected chi connectivity index (χ1v) is 7.58. The highest BCUT2D eigenvalue weighted by Crippen LogP contribution is 2.14. The molecule has 0 aliphatic carbocycles. The molecular weight excluding hydrogens is 264 g/mol. The van der Waals surface area contributed by atoms with Crippen molar-refractivity contribution in [2.24, 2.45) is 10.1 Å². The van der Waals surface area contributed by atoms with Crippen molar-refractivity contribution in [3.8, 4) is 0 Å². The molecule has 0 bridgehead atoms. The van der Waals surface area contributed by atoms with Gasteiger partial charge in [-0.05, 0) is 37.1 Å². The van der Waals surface area contributed by atoms with Crippen LogP contribution >= 0.6 is 0 Å². The van der Waals surface area contributed by atoms with E-state index in [1.165, 1.54) is 6.07 Å². The summed E-state index contributed by atoms with van der Waals surface area (Å²) in [4.78, 5) is 4.43. The molecule has 1 aromatic carbocycles. The number of benzene rings is 1. The van der Waals surface area contributed by atoms with E-state index in [1.54, 1.807) is 12.1 Å². The Morgan fingerprint density at radius 1 is 1.53 bits per heavy atom. The maximum absolute atomic E-state index is 11.2. The van der Waals surface area contributed by atoms with E-state index in [0.717, 1.165) is 23.6 Å². The molecule has 1 aromatic rings. The van der Waals surface area contributed by atoms with Gasteiger partial charge in [0.25, 0.3) is 0 Å². The van der Waals surface area contributed by atoms with E-state index in [2.05, 4.69) is 22.5 Å². The van der Waals surface area contributed by atoms with Gasteiger partial charge in [-0.15, -0.1) is 0 Å². The third-order valence-electron chi connectivity index (χ3n) is 3.00. The van der Waals surface area contributed by atoms with Crippen molar-refractivity contribution in [3.05, 3.63) is 29.3 Å². The first kappa shape index (κ1) is 13.8. The van der Waals surface area contributed by atoms with Gasteiger partial charge in [-0.25, -0.2) is 13.6 Å². The minimum atomic E-state index is -3.64. The van der Waals surface area contributed by atoms with Crippen molar-refractivity contribution in [3.63, 3.8) is 0 Å². The molecule has 1 unspecified atom stereocenters. The van der Waals surface area contributed by atoms with E-state index in [0.29, 0.717) is 12.6 Å². The largest absolute Gasteiger partial charge is 0.352 e. The molecule has 2 rings (SSSR count). The van der Waals surface area contributed by atoms with Gasteiger partial charge in [-0.2, -0.15) is 0 Å². The second kappa shape index (κ2) is 5.18. The summed E-state index contributed by atoms with van der Waals surface area (Å²) >= 11 is 0. The van der Waals surface area contributed by atoms with Crippen LogP contribution in [-0.4, -0.2) is 27.0 Å². The number of primary sulfonamides is 1. The fourth-order valence-electron chi connectivity index (χ4n) is 1.88. The van der Waals surface area contributed by atoms with E-state index in [4.69, 9.17) is 5.14 Å². The Hall–Kier alpha value is -1.60. The average Bonchev–Trinajstić information content (AvgIpc) is 2.72. The van der Waals surface area contributed by atoms with Crippen molar-refractivity contribution < 1.29 is 8.42 Å². The topological polar surface area (TPSA) is 96.6 Å². The van der Waals surface area contributed by atoms with E-state index in [9.17, 15) is 8.42 Å². The predicted octanol–water partition coefficient (Wildman–Crippen LogP) is 0.0797. The molecule has 0 radical (unpaired) electrons. The van der Waals surface area contributed by atoms with Gasteiger partial charge in [0, 0.05) is 12.6 Å². The zero-order chi connectivity index (χ0) is 14.0.